The highest BCUT2D eigenvalue weighted by Crippen LogP contribution is 2.12. The van der Waals surface area contributed by atoms with Gasteiger partial charge in [0.15, 0.2) is 5.78 Å². The highest BCUT2D eigenvalue weighted by atomic mass is 32.1. The molecule has 1 aromatic heterocycles. The predicted octanol–water partition coefficient (Wildman–Crippen LogP) is 2.17. The van der Waals surface area contributed by atoms with E-state index in [0.717, 1.165) is 24.4 Å². The summed E-state index contributed by atoms with van der Waals surface area (Å²) in [6, 6.07) is 3.75. The molecule has 106 valence electrons. The van der Waals surface area contributed by atoms with Crippen molar-refractivity contribution in [2.24, 2.45) is 0 Å². The third kappa shape index (κ3) is 5.98. The van der Waals surface area contributed by atoms with Gasteiger partial charge in [0.05, 0.1) is 11.4 Å². The van der Waals surface area contributed by atoms with Crippen LogP contribution in [0.15, 0.2) is 17.5 Å². The third-order valence-electron chi connectivity index (χ3n) is 2.86. The Morgan fingerprint density at radius 1 is 1.37 bits per heavy atom. The zero-order chi connectivity index (χ0) is 14.1. The second kappa shape index (κ2) is 8.82. The number of ketones is 1. The standard InChI is InChI=1S/C14H22N2O2S/c1-3-15-14(18)11-16(4-2)9-5-7-12(17)13-8-6-10-19-13/h6,8,10H,3-5,7,9,11H2,1-2H3,(H,15,18). The molecule has 1 rings (SSSR count). The van der Waals surface area contributed by atoms with Crippen LogP contribution in [0.3, 0.4) is 0 Å². The van der Waals surface area contributed by atoms with E-state index in [1.807, 2.05) is 31.4 Å². The van der Waals surface area contributed by atoms with Crippen molar-refractivity contribution in [1.29, 1.82) is 0 Å². The van der Waals surface area contributed by atoms with Crippen LogP contribution >= 0.6 is 11.3 Å². The lowest BCUT2D eigenvalue weighted by Gasteiger charge is -2.19. The third-order valence-corrected chi connectivity index (χ3v) is 3.77. The Labute approximate surface area is 118 Å². The van der Waals surface area contributed by atoms with E-state index in [0.29, 0.717) is 19.5 Å². The summed E-state index contributed by atoms with van der Waals surface area (Å²) in [6.07, 6.45) is 1.34. The number of hydrogen-bond donors (Lipinski definition) is 1. The minimum absolute atomic E-state index is 0.0499. The van der Waals surface area contributed by atoms with Crippen LogP contribution in [0.4, 0.5) is 0 Å². The van der Waals surface area contributed by atoms with Gasteiger partial charge in [-0.2, -0.15) is 0 Å². The molecule has 4 nitrogen and oxygen atoms in total. The number of nitrogens with one attached hydrogen (secondary N) is 1. The molecule has 0 atom stereocenters. The summed E-state index contributed by atoms with van der Waals surface area (Å²) in [6.45, 7) is 6.62. The van der Waals surface area contributed by atoms with Gasteiger partial charge in [0, 0.05) is 13.0 Å². The molecule has 19 heavy (non-hydrogen) atoms. The number of likely N-dealkylation sites (N-methyl/N-ethyl adjacent to an activating group) is 2. The second-order valence-electron chi connectivity index (χ2n) is 4.33. The van der Waals surface area contributed by atoms with E-state index < -0.39 is 0 Å². The maximum atomic E-state index is 11.8. The topological polar surface area (TPSA) is 49.4 Å². The Morgan fingerprint density at radius 3 is 2.74 bits per heavy atom. The van der Waals surface area contributed by atoms with E-state index in [1.165, 1.54) is 11.3 Å². The zero-order valence-corrected chi connectivity index (χ0v) is 12.5. The van der Waals surface area contributed by atoms with Crippen molar-refractivity contribution in [2.75, 3.05) is 26.2 Å². The Kier molecular flexibility index (Phi) is 7.36. The molecule has 0 spiro atoms. The molecule has 1 amide bonds. The highest BCUT2D eigenvalue weighted by Gasteiger charge is 2.10. The van der Waals surface area contributed by atoms with Crippen molar-refractivity contribution in [2.45, 2.75) is 26.7 Å². The van der Waals surface area contributed by atoms with Crippen molar-refractivity contribution in [3.8, 4) is 0 Å². The first kappa shape index (κ1) is 15.9. The lowest BCUT2D eigenvalue weighted by atomic mass is 10.2. The molecule has 0 bridgehead atoms. The molecule has 0 aliphatic heterocycles. The molecule has 0 aliphatic carbocycles. The summed E-state index contributed by atoms with van der Waals surface area (Å²) in [7, 11) is 0. The van der Waals surface area contributed by atoms with E-state index >= 15 is 0 Å². The number of carbonyl (C=O) groups excluding carboxylic acids is 2. The summed E-state index contributed by atoms with van der Waals surface area (Å²) in [5, 5.41) is 4.70. The molecule has 0 aromatic carbocycles. The summed E-state index contributed by atoms with van der Waals surface area (Å²) in [5.41, 5.74) is 0. The number of rotatable bonds is 9. The Balaban J connectivity index is 2.26. The SMILES string of the molecule is CCNC(=O)CN(CC)CCCC(=O)c1cccs1. The molecule has 0 saturated heterocycles. The number of thiophene rings is 1. The summed E-state index contributed by atoms with van der Waals surface area (Å²) in [5.74, 6) is 0.248. The molecule has 0 saturated carbocycles. The number of carbonyl (C=O) groups is 2. The number of Topliss-reactive ketones (excluding diaryl/α,β-unsaturated/α-hetero) is 1. The quantitative estimate of drug-likeness (QED) is 0.706. The number of nitrogens with zero attached hydrogens (tertiary/aromatic N) is 1. The average molecular weight is 282 g/mol. The zero-order valence-electron chi connectivity index (χ0n) is 11.6. The van der Waals surface area contributed by atoms with Crippen LogP contribution in [0, 0.1) is 0 Å². The molecule has 0 aliphatic rings. The fourth-order valence-electron chi connectivity index (χ4n) is 1.83. The Bertz CT molecular complexity index is 390. The van der Waals surface area contributed by atoms with E-state index in [4.69, 9.17) is 0 Å². The first-order chi connectivity index (χ1) is 9.17. The Hall–Kier alpha value is -1.20. The van der Waals surface area contributed by atoms with Gasteiger partial charge in [-0.15, -0.1) is 11.3 Å². The van der Waals surface area contributed by atoms with E-state index in [-0.39, 0.29) is 11.7 Å². The largest absolute Gasteiger partial charge is 0.355 e. The first-order valence-electron chi connectivity index (χ1n) is 6.73. The van der Waals surface area contributed by atoms with E-state index in [1.54, 1.807) is 0 Å². The lowest BCUT2D eigenvalue weighted by molar-refractivity contribution is -0.122. The minimum atomic E-state index is 0.0499. The van der Waals surface area contributed by atoms with Crippen LogP contribution in [0.5, 0.6) is 0 Å². The summed E-state index contributed by atoms with van der Waals surface area (Å²) in [4.78, 5) is 26.2. The van der Waals surface area contributed by atoms with Crippen LogP contribution in [0.25, 0.3) is 0 Å². The van der Waals surface area contributed by atoms with Gasteiger partial charge in [0.1, 0.15) is 0 Å². The van der Waals surface area contributed by atoms with Gasteiger partial charge in [-0.3, -0.25) is 14.5 Å². The smallest absolute Gasteiger partial charge is 0.234 e. The summed E-state index contributed by atoms with van der Waals surface area (Å²) < 4.78 is 0. The molecule has 0 unspecified atom stereocenters. The van der Waals surface area contributed by atoms with Crippen LogP contribution in [0.1, 0.15) is 36.4 Å². The van der Waals surface area contributed by atoms with Crippen molar-refractivity contribution in [3.63, 3.8) is 0 Å². The maximum absolute atomic E-state index is 11.8. The van der Waals surface area contributed by atoms with Crippen molar-refractivity contribution >= 4 is 23.0 Å². The van der Waals surface area contributed by atoms with E-state index in [9.17, 15) is 9.59 Å². The molecule has 1 aromatic rings. The van der Waals surface area contributed by atoms with Crippen LogP contribution < -0.4 is 5.32 Å². The predicted molar refractivity (Wildman–Crippen MR) is 78.7 cm³/mol. The lowest BCUT2D eigenvalue weighted by Crippen LogP contribution is -2.37. The molecule has 1 heterocycles. The van der Waals surface area contributed by atoms with Crippen molar-refractivity contribution < 1.29 is 9.59 Å². The van der Waals surface area contributed by atoms with Crippen molar-refractivity contribution in [3.05, 3.63) is 22.4 Å². The van der Waals surface area contributed by atoms with Crippen LogP contribution in [-0.2, 0) is 4.79 Å². The van der Waals surface area contributed by atoms with Gasteiger partial charge in [-0.05, 0) is 37.9 Å². The number of amides is 1. The molecule has 0 radical (unpaired) electrons. The Morgan fingerprint density at radius 2 is 2.16 bits per heavy atom. The fourth-order valence-corrected chi connectivity index (χ4v) is 2.52. The average Bonchev–Trinajstić information content (AvgIpc) is 2.91. The molecule has 5 heteroatoms. The second-order valence-corrected chi connectivity index (χ2v) is 5.27. The van der Waals surface area contributed by atoms with Gasteiger partial charge >= 0.3 is 0 Å². The molecular weight excluding hydrogens is 260 g/mol. The van der Waals surface area contributed by atoms with Crippen LogP contribution in [0.2, 0.25) is 0 Å². The molecule has 1 N–H and O–H groups in total. The van der Waals surface area contributed by atoms with Crippen LogP contribution in [-0.4, -0.2) is 42.8 Å². The number of hydrogen-bond acceptors (Lipinski definition) is 4. The van der Waals surface area contributed by atoms with Crippen molar-refractivity contribution in [1.82, 2.24) is 10.2 Å². The highest BCUT2D eigenvalue weighted by molar-refractivity contribution is 7.12. The summed E-state index contributed by atoms with van der Waals surface area (Å²) >= 11 is 1.49. The monoisotopic (exact) mass is 282 g/mol. The fraction of sp³-hybridized carbons (Fsp3) is 0.571. The van der Waals surface area contributed by atoms with Gasteiger partial charge in [0.25, 0.3) is 0 Å². The molecule has 0 fully saturated rings. The van der Waals surface area contributed by atoms with E-state index in [2.05, 4.69) is 10.2 Å². The maximum Gasteiger partial charge on any atom is 0.234 e. The minimum Gasteiger partial charge on any atom is -0.355 e. The first-order valence-corrected chi connectivity index (χ1v) is 7.61. The van der Waals surface area contributed by atoms with Gasteiger partial charge in [-0.25, -0.2) is 0 Å². The van der Waals surface area contributed by atoms with Gasteiger partial charge in [-0.1, -0.05) is 13.0 Å². The molecular formula is C14H22N2O2S. The van der Waals surface area contributed by atoms with Gasteiger partial charge < -0.3 is 5.32 Å². The van der Waals surface area contributed by atoms with Gasteiger partial charge in [0.2, 0.25) is 5.91 Å². The normalized spacial score (nSPS) is 10.7.